The smallest absolute Gasteiger partial charge is 0.267 e. The quantitative estimate of drug-likeness (QED) is 0.697. The third-order valence-electron chi connectivity index (χ3n) is 4.68. The van der Waals surface area contributed by atoms with Crippen LogP contribution in [0.15, 0.2) is 64.4 Å². The van der Waals surface area contributed by atoms with Crippen molar-refractivity contribution in [3.8, 4) is 0 Å². The number of carbonyl (C=O) groups is 1. The van der Waals surface area contributed by atoms with E-state index in [0.717, 1.165) is 5.56 Å². The Bertz CT molecular complexity index is 939. The van der Waals surface area contributed by atoms with Gasteiger partial charge in [-0.25, -0.2) is 4.68 Å². The summed E-state index contributed by atoms with van der Waals surface area (Å²) in [7, 11) is 0. The molecule has 4 rings (SSSR count). The van der Waals surface area contributed by atoms with Crippen molar-refractivity contribution in [3.05, 3.63) is 76.8 Å². The molecule has 8 nitrogen and oxygen atoms in total. The number of rotatable bonds is 4. The molecule has 8 heteroatoms. The molecule has 1 amide bonds. The molecular weight excluding hydrogens is 334 g/mol. The molecule has 1 fully saturated rings. The van der Waals surface area contributed by atoms with Gasteiger partial charge < -0.3 is 9.42 Å². The number of carbonyl (C=O) groups excluding carboxylic acids is 1. The number of likely N-dealkylation sites (tertiary alicyclic amines) is 1. The zero-order chi connectivity index (χ0) is 17.9. The van der Waals surface area contributed by atoms with Gasteiger partial charge in [0, 0.05) is 37.2 Å². The highest BCUT2D eigenvalue weighted by Gasteiger charge is 2.39. The maximum absolute atomic E-state index is 12.7. The first-order chi connectivity index (χ1) is 12.7. The van der Waals surface area contributed by atoms with E-state index in [9.17, 15) is 9.59 Å². The van der Waals surface area contributed by atoms with Crippen LogP contribution in [0.25, 0.3) is 0 Å². The van der Waals surface area contributed by atoms with Gasteiger partial charge in [0.05, 0.1) is 0 Å². The molecule has 0 radical (unpaired) electrons. The van der Waals surface area contributed by atoms with Crippen molar-refractivity contribution in [2.45, 2.75) is 18.4 Å². The van der Waals surface area contributed by atoms with Crippen molar-refractivity contribution >= 4 is 5.91 Å². The largest absolute Gasteiger partial charge is 0.343 e. The summed E-state index contributed by atoms with van der Waals surface area (Å²) in [5.74, 6) is 0.445. The van der Waals surface area contributed by atoms with Gasteiger partial charge in [-0.15, -0.1) is 0 Å². The lowest BCUT2D eigenvalue weighted by Crippen LogP contribution is -2.35. The van der Waals surface area contributed by atoms with E-state index in [1.807, 2.05) is 30.3 Å². The van der Waals surface area contributed by atoms with E-state index in [0.29, 0.717) is 18.9 Å². The molecule has 1 aliphatic heterocycles. The third-order valence-corrected chi connectivity index (χ3v) is 4.68. The van der Waals surface area contributed by atoms with Crippen LogP contribution in [0, 0.1) is 0 Å². The highest BCUT2D eigenvalue weighted by atomic mass is 16.5. The number of hydrogen-bond acceptors (Lipinski definition) is 6. The number of benzene rings is 1. The molecule has 2 unspecified atom stereocenters. The van der Waals surface area contributed by atoms with Crippen LogP contribution in [0.1, 0.15) is 23.2 Å². The Balaban J connectivity index is 1.58. The Kier molecular flexibility index (Phi) is 4.30. The Labute approximate surface area is 149 Å². The second kappa shape index (κ2) is 6.91. The minimum atomic E-state index is -0.297. The van der Waals surface area contributed by atoms with Gasteiger partial charge in [-0.3, -0.25) is 9.59 Å². The van der Waals surface area contributed by atoms with E-state index in [1.54, 1.807) is 11.0 Å². The molecule has 3 heterocycles. The molecule has 0 bridgehead atoms. The Morgan fingerprint density at radius 1 is 1.12 bits per heavy atom. The van der Waals surface area contributed by atoms with Crippen molar-refractivity contribution in [1.82, 2.24) is 24.8 Å². The average molecular weight is 351 g/mol. The summed E-state index contributed by atoms with van der Waals surface area (Å²) >= 11 is 0. The van der Waals surface area contributed by atoms with Crippen LogP contribution in [0.4, 0.5) is 0 Å². The van der Waals surface area contributed by atoms with Gasteiger partial charge in [0.25, 0.3) is 5.56 Å². The zero-order valence-corrected chi connectivity index (χ0v) is 13.9. The summed E-state index contributed by atoms with van der Waals surface area (Å²) in [4.78, 5) is 30.4. The molecule has 26 heavy (non-hydrogen) atoms. The van der Waals surface area contributed by atoms with Crippen LogP contribution in [0.2, 0.25) is 0 Å². The fourth-order valence-corrected chi connectivity index (χ4v) is 3.38. The Morgan fingerprint density at radius 3 is 2.65 bits per heavy atom. The highest BCUT2D eigenvalue weighted by Crippen LogP contribution is 2.38. The summed E-state index contributed by atoms with van der Waals surface area (Å²) in [6.45, 7) is 0.920. The molecule has 0 saturated carbocycles. The monoisotopic (exact) mass is 351 g/mol. The summed E-state index contributed by atoms with van der Waals surface area (Å²) in [6, 6.07) is 12.9. The van der Waals surface area contributed by atoms with E-state index in [4.69, 9.17) is 4.52 Å². The van der Waals surface area contributed by atoms with E-state index in [-0.39, 0.29) is 29.8 Å². The lowest BCUT2D eigenvalue weighted by Gasteiger charge is -2.16. The standard InChI is InChI=1S/C18H17N5O3/c24-16-7-4-8-20-23(16)11-17(25)22-9-14(13-5-2-1-3-6-13)15(10-22)18-19-12-26-21-18/h1-8,12,14-15H,9-11H2. The number of hydrogen-bond donors (Lipinski definition) is 0. The molecule has 0 spiro atoms. The van der Waals surface area contributed by atoms with Gasteiger partial charge in [0.2, 0.25) is 12.3 Å². The lowest BCUT2D eigenvalue weighted by atomic mass is 9.88. The van der Waals surface area contributed by atoms with Crippen molar-refractivity contribution in [2.24, 2.45) is 0 Å². The molecule has 1 aromatic carbocycles. The topological polar surface area (TPSA) is 94.1 Å². The van der Waals surface area contributed by atoms with Crippen LogP contribution < -0.4 is 5.56 Å². The first-order valence-corrected chi connectivity index (χ1v) is 8.33. The molecule has 132 valence electrons. The zero-order valence-electron chi connectivity index (χ0n) is 13.9. The number of aromatic nitrogens is 4. The van der Waals surface area contributed by atoms with E-state index < -0.39 is 0 Å². The molecule has 0 aliphatic carbocycles. The second-order valence-corrected chi connectivity index (χ2v) is 6.23. The highest BCUT2D eigenvalue weighted by molar-refractivity contribution is 5.76. The van der Waals surface area contributed by atoms with Gasteiger partial charge in [0.1, 0.15) is 6.54 Å². The molecular formula is C18H17N5O3. The van der Waals surface area contributed by atoms with Gasteiger partial charge in [0.15, 0.2) is 5.82 Å². The van der Waals surface area contributed by atoms with E-state index in [2.05, 4.69) is 15.2 Å². The predicted octanol–water partition coefficient (Wildman–Crippen LogP) is 1.04. The van der Waals surface area contributed by atoms with Crippen molar-refractivity contribution in [2.75, 3.05) is 13.1 Å². The van der Waals surface area contributed by atoms with E-state index in [1.165, 1.54) is 23.3 Å². The Morgan fingerprint density at radius 2 is 1.92 bits per heavy atom. The molecule has 3 aromatic rings. The molecule has 1 aliphatic rings. The number of nitrogens with zero attached hydrogens (tertiary/aromatic N) is 5. The SMILES string of the molecule is O=C(Cn1ncccc1=O)N1CC(c2ccccc2)C(c2ncon2)C1. The van der Waals surface area contributed by atoms with Gasteiger partial charge in [-0.05, 0) is 11.6 Å². The van der Waals surface area contributed by atoms with E-state index >= 15 is 0 Å². The maximum atomic E-state index is 12.7. The molecule has 2 aromatic heterocycles. The summed E-state index contributed by atoms with van der Waals surface area (Å²) in [5, 5.41) is 7.93. The summed E-state index contributed by atoms with van der Waals surface area (Å²) in [6.07, 6.45) is 2.79. The first-order valence-electron chi connectivity index (χ1n) is 8.33. The molecule has 2 atom stereocenters. The fourth-order valence-electron chi connectivity index (χ4n) is 3.38. The minimum Gasteiger partial charge on any atom is -0.343 e. The van der Waals surface area contributed by atoms with Crippen molar-refractivity contribution in [1.29, 1.82) is 0 Å². The van der Waals surface area contributed by atoms with Crippen molar-refractivity contribution < 1.29 is 9.32 Å². The van der Waals surface area contributed by atoms with Crippen LogP contribution in [0.3, 0.4) is 0 Å². The third kappa shape index (κ3) is 3.13. The maximum Gasteiger partial charge on any atom is 0.267 e. The van der Waals surface area contributed by atoms with Crippen LogP contribution in [0.5, 0.6) is 0 Å². The van der Waals surface area contributed by atoms with Crippen LogP contribution in [-0.4, -0.2) is 43.8 Å². The molecule has 1 saturated heterocycles. The molecule has 0 N–H and O–H groups in total. The normalized spacial score (nSPS) is 19.6. The summed E-state index contributed by atoms with van der Waals surface area (Å²) in [5.41, 5.74) is 0.821. The predicted molar refractivity (Wildman–Crippen MR) is 91.3 cm³/mol. The van der Waals surface area contributed by atoms with Gasteiger partial charge in [-0.1, -0.05) is 35.5 Å². The van der Waals surface area contributed by atoms with Crippen molar-refractivity contribution in [3.63, 3.8) is 0 Å². The Hall–Kier alpha value is -3.29. The minimum absolute atomic E-state index is 0.0550. The first kappa shape index (κ1) is 16.2. The second-order valence-electron chi connectivity index (χ2n) is 6.23. The van der Waals surface area contributed by atoms with Gasteiger partial charge >= 0.3 is 0 Å². The van der Waals surface area contributed by atoms with Crippen LogP contribution >= 0.6 is 0 Å². The van der Waals surface area contributed by atoms with Crippen LogP contribution in [-0.2, 0) is 11.3 Å². The fraction of sp³-hybridized carbons (Fsp3) is 0.278. The lowest BCUT2D eigenvalue weighted by molar-refractivity contribution is -0.131. The average Bonchev–Trinajstić information content (AvgIpc) is 3.34. The number of amides is 1. The summed E-state index contributed by atoms with van der Waals surface area (Å²) < 4.78 is 6.07. The van der Waals surface area contributed by atoms with Gasteiger partial charge in [-0.2, -0.15) is 10.1 Å².